The predicted molar refractivity (Wildman–Crippen MR) is 82.1 cm³/mol. The molecule has 1 fully saturated rings. The van der Waals surface area contributed by atoms with E-state index in [1.807, 2.05) is 24.9 Å². The standard InChI is InChI=1S/C16H27N3O2/c1-12(2)16(20)18-6-5-14(11-18)9-15-17-10-13(3)19(15)7-8-21-4/h10,12,14H,5-9,11H2,1-4H3. The van der Waals surface area contributed by atoms with Gasteiger partial charge in [0.1, 0.15) is 5.82 Å². The van der Waals surface area contributed by atoms with Gasteiger partial charge in [0.2, 0.25) is 5.91 Å². The lowest BCUT2D eigenvalue weighted by molar-refractivity contribution is -0.133. The van der Waals surface area contributed by atoms with E-state index < -0.39 is 0 Å². The average Bonchev–Trinajstić information content (AvgIpc) is 3.04. The molecule has 1 aliphatic rings. The molecule has 0 spiro atoms. The van der Waals surface area contributed by atoms with Gasteiger partial charge in [0.05, 0.1) is 6.61 Å². The van der Waals surface area contributed by atoms with Crippen LogP contribution in [0.25, 0.3) is 0 Å². The fourth-order valence-corrected chi connectivity index (χ4v) is 2.98. The third-order valence-electron chi connectivity index (χ3n) is 4.22. The van der Waals surface area contributed by atoms with E-state index in [-0.39, 0.29) is 11.8 Å². The Morgan fingerprint density at radius 1 is 1.52 bits per heavy atom. The SMILES string of the molecule is COCCn1c(C)cnc1CC1CCN(C(=O)C(C)C)C1. The van der Waals surface area contributed by atoms with E-state index in [4.69, 9.17) is 4.74 Å². The quantitative estimate of drug-likeness (QED) is 0.804. The zero-order valence-corrected chi connectivity index (χ0v) is 13.6. The molecule has 1 amide bonds. The van der Waals surface area contributed by atoms with Crippen molar-refractivity contribution in [2.75, 3.05) is 26.8 Å². The van der Waals surface area contributed by atoms with Crippen molar-refractivity contribution in [3.63, 3.8) is 0 Å². The van der Waals surface area contributed by atoms with Crippen molar-refractivity contribution in [2.24, 2.45) is 11.8 Å². The Balaban J connectivity index is 1.96. The summed E-state index contributed by atoms with van der Waals surface area (Å²) in [6.45, 7) is 9.32. The first-order valence-corrected chi connectivity index (χ1v) is 7.81. The van der Waals surface area contributed by atoms with Gasteiger partial charge in [-0.05, 0) is 19.3 Å². The van der Waals surface area contributed by atoms with Crippen LogP contribution in [0.4, 0.5) is 0 Å². The lowest BCUT2D eigenvalue weighted by Gasteiger charge is -2.19. The second-order valence-electron chi connectivity index (χ2n) is 6.26. The second-order valence-corrected chi connectivity index (χ2v) is 6.26. The Bertz CT molecular complexity index is 482. The summed E-state index contributed by atoms with van der Waals surface area (Å²) < 4.78 is 7.40. The van der Waals surface area contributed by atoms with Gasteiger partial charge in [-0.25, -0.2) is 4.98 Å². The van der Waals surface area contributed by atoms with Gasteiger partial charge in [0.25, 0.3) is 0 Å². The normalized spacial score (nSPS) is 18.7. The third-order valence-corrected chi connectivity index (χ3v) is 4.22. The Morgan fingerprint density at radius 3 is 2.95 bits per heavy atom. The molecule has 1 aromatic rings. The van der Waals surface area contributed by atoms with Crippen molar-refractivity contribution >= 4 is 5.91 Å². The molecule has 1 aliphatic heterocycles. The summed E-state index contributed by atoms with van der Waals surface area (Å²) >= 11 is 0. The van der Waals surface area contributed by atoms with E-state index in [1.54, 1.807) is 7.11 Å². The summed E-state index contributed by atoms with van der Waals surface area (Å²) in [6, 6.07) is 0. The maximum atomic E-state index is 12.0. The molecule has 1 saturated heterocycles. The topological polar surface area (TPSA) is 47.4 Å². The lowest BCUT2D eigenvalue weighted by Crippen LogP contribution is -2.32. The van der Waals surface area contributed by atoms with Crippen molar-refractivity contribution in [1.29, 1.82) is 0 Å². The smallest absolute Gasteiger partial charge is 0.225 e. The lowest BCUT2D eigenvalue weighted by atomic mass is 10.0. The number of hydrogen-bond donors (Lipinski definition) is 0. The van der Waals surface area contributed by atoms with Crippen molar-refractivity contribution in [3.8, 4) is 0 Å². The number of carbonyl (C=O) groups excluding carboxylic acids is 1. The highest BCUT2D eigenvalue weighted by molar-refractivity contribution is 5.78. The van der Waals surface area contributed by atoms with Crippen LogP contribution in [0, 0.1) is 18.8 Å². The molecule has 21 heavy (non-hydrogen) atoms. The maximum absolute atomic E-state index is 12.0. The van der Waals surface area contributed by atoms with Crippen LogP contribution in [0.15, 0.2) is 6.20 Å². The fraction of sp³-hybridized carbons (Fsp3) is 0.750. The van der Waals surface area contributed by atoms with Crippen LogP contribution in [-0.4, -0.2) is 47.2 Å². The van der Waals surface area contributed by atoms with Gasteiger partial charge in [-0.1, -0.05) is 13.8 Å². The molecular weight excluding hydrogens is 266 g/mol. The Hall–Kier alpha value is -1.36. The molecule has 0 N–H and O–H groups in total. The zero-order chi connectivity index (χ0) is 15.4. The summed E-state index contributed by atoms with van der Waals surface area (Å²) in [4.78, 5) is 18.6. The molecule has 1 atom stereocenters. The minimum absolute atomic E-state index is 0.0923. The number of ether oxygens (including phenoxy) is 1. The first-order valence-electron chi connectivity index (χ1n) is 7.81. The number of hydrogen-bond acceptors (Lipinski definition) is 3. The number of nitrogens with zero attached hydrogens (tertiary/aromatic N) is 3. The van der Waals surface area contributed by atoms with E-state index >= 15 is 0 Å². The molecule has 1 unspecified atom stereocenters. The number of imidazole rings is 1. The molecule has 0 radical (unpaired) electrons. The van der Waals surface area contributed by atoms with E-state index in [9.17, 15) is 4.79 Å². The van der Waals surface area contributed by atoms with Gasteiger partial charge >= 0.3 is 0 Å². The van der Waals surface area contributed by atoms with E-state index in [0.29, 0.717) is 12.5 Å². The number of aryl methyl sites for hydroxylation is 1. The van der Waals surface area contributed by atoms with Crippen LogP contribution in [0.5, 0.6) is 0 Å². The van der Waals surface area contributed by atoms with Crippen molar-refractivity contribution in [2.45, 2.75) is 40.2 Å². The molecule has 0 bridgehead atoms. The Morgan fingerprint density at radius 2 is 2.29 bits per heavy atom. The number of amides is 1. The molecule has 0 aliphatic carbocycles. The van der Waals surface area contributed by atoms with E-state index in [1.165, 1.54) is 5.69 Å². The molecule has 0 aromatic carbocycles. The molecular formula is C16H27N3O2. The van der Waals surface area contributed by atoms with Crippen LogP contribution >= 0.6 is 0 Å². The van der Waals surface area contributed by atoms with Crippen molar-refractivity contribution in [1.82, 2.24) is 14.5 Å². The van der Waals surface area contributed by atoms with Gasteiger partial charge in [-0.3, -0.25) is 4.79 Å². The van der Waals surface area contributed by atoms with E-state index in [2.05, 4.69) is 16.5 Å². The molecule has 118 valence electrons. The molecule has 2 heterocycles. The predicted octanol–water partition coefficient (Wildman–Crippen LogP) is 1.88. The summed E-state index contributed by atoms with van der Waals surface area (Å²) in [5.41, 5.74) is 1.18. The van der Waals surface area contributed by atoms with Crippen LogP contribution in [0.2, 0.25) is 0 Å². The number of rotatable bonds is 6. The van der Waals surface area contributed by atoms with Crippen LogP contribution in [-0.2, 0) is 22.5 Å². The largest absolute Gasteiger partial charge is 0.383 e. The zero-order valence-electron chi connectivity index (χ0n) is 13.6. The highest BCUT2D eigenvalue weighted by Gasteiger charge is 2.28. The molecule has 5 heteroatoms. The number of carbonyl (C=O) groups is 1. The van der Waals surface area contributed by atoms with Gasteiger partial charge in [-0.2, -0.15) is 0 Å². The highest BCUT2D eigenvalue weighted by Crippen LogP contribution is 2.22. The summed E-state index contributed by atoms with van der Waals surface area (Å²) in [6.07, 6.45) is 3.95. The van der Waals surface area contributed by atoms with Gasteiger partial charge in [0, 0.05) is 51.0 Å². The van der Waals surface area contributed by atoms with Crippen LogP contribution in [0.3, 0.4) is 0 Å². The summed E-state index contributed by atoms with van der Waals surface area (Å²) in [5, 5.41) is 0. The summed E-state index contributed by atoms with van der Waals surface area (Å²) in [7, 11) is 1.72. The number of likely N-dealkylation sites (tertiary alicyclic amines) is 1. The Kier molecular flexibility index (Phi) is 5.39. The van der Waals surface area contributed by atoms with Gasteiger partial charge < -0.3 is 14.2 Å². The fourth-order valence-electron chi connectivity index (χ4n) is 2.98. The number of aromatic nitrogens is 2. The monoisotopic (exact) mass is 293 g/mol. The molecule has 5 nitrogen and oxygen atoms in total. The highest BCUT2D eigenvalue weighted by atomic mass is 16.5. The Labute approximate surface area is 127 Å². The second kappa shape index (κ2) is 7.07. The van der Waals surface area contributed by atoms with Crippen molar-refractivity contribution < 1.29 is 9.53 Å². The first-order chi connectivity index (χ1) is 10.0. The van der Waals surface area contributed by atoms with Crippen LogP contribution < -0.4 is 0 Å². The third kappa shape index (κ3) is 3.84. The first kappa shape index (κ1) is 16.0. The minimum Gasteiger partial charge on any atom is -0.383 e. The van der Waals surface area contributed by atoms with Gasteiger partial charge in [-0.15, -0.1) is 0 Å². The maximum Gasteiger partial charge on any atom is 0.225 e. The molecule has 0 saturated carbocycles. The van der Waals surface area contributed by atoms with E-state index in [0.717, 1.165) is 38.3 Å². The summed E-state index contributed by atoms with van der Waals surface area (Å²) in [5.74, 6) is 2.01. The van der Waals surface area contributed by atoms with Crippen molar-refractivity contribution in [3.05, 3.63) is 17.7 Å². The molecule has 1 aromatic heterocycles. The van der Waals surface area contributed by atoms with Crippen LogP contribution in [0.1, 0.15) is 31.8 Å². The van der Waals surface area contributed by atoms with Gasteiger partial charge in [0.15, 0.2) is 0 Å². The molecule has 2 rings (SSSR count). The number of methoxy groups -OCH3 is 1. The minimum atomic E-state index is 0.0923. The average molecular weight is 293 g/mol.